The average Bonchev–Trinajstić information content (AvgIpc) is 3.25. The van der Waals surface area contributed by atoms with Crippen LogP contribution in [0.25, 0.3) is 0 Å². The van der Waals surface area contributed by atoms with Crippen LogP contribution in [-0.2, 0) is 46.1 Å². The van der Waals surface area contributed by atoms with E-state index in [0.717, 1.165) is 16.9 Å². The van der Waals surface area contributed by atoms with Crippen molar-refractivity contribution < 1.29 is 37.6 Å². The van der Waals surface area contributed by atoms with Crippen molar-refractivity contribution in [2.24, 2.45) is 0 Å². The molecule has 4 atom stereocenters. The molecule has 8 nitrogen and oxygen atoms in total. The Morgan fingerprint density at radius 2 is 1.60 bits per heavy atom. The van der Waals surface area contributed by atoms with Crippen LogP contribution < -0.4 is 4.74 Å². The Balaban J connectivity index is 1.93. The van der Waals surface area contributed by atoms with Crippen molar-refractivity contribution in [2.75, 3.05) is 40.8 Å². The van der Waals surface area contributed by atoms with Crippen LogP contribution in [0.2, 0.25) is 18.1 Å². The van der Waals surface area contributed by atoms with Crippen molar-refractivity contribution in [1.29, 1.82) is 0 Å². The van der Waals surface area contributed by atoms with Gasteiger partial charge >= 0.3 is 0 Å². The van der Waals surface area contributed by atoms with Crippen molar-refractivity contribution in [2.45, 2.75) is 82.6 Å². The largest absolute Gasteiger partial charge is 0.497 e. The van der Waals surface area contributed by atoms with Crippen LogP contribution in [0.4, 0.5) is 0 Å². The minimum Gasteiger partial charge on any atom is -0.497 e. The van der Waals surface area contributed by atoms with Gasteiger partial charge in [0.05, 0.1) is 33.5 Å². The lowest BCUT2D eigenvalue weighted by Gasteiger charge is -2.39. The molecule has 0 aliphatic carbocycles. The van der Waals surface area contributed by atoms with Gasteiger partial charge in [-0.15, -0.1) is 6.58 Å². The highest BCUT2D eigenvalue weighted by atomic mass is 28.4. The van der Waals surface area contributed by atoms with E-state index in [1.54, 1.807) is 20.3 Å². The summed E-state index contributed by atoms with van der Waals surface area (Å²) >= 11 is 0. The lowest BCUT2D eigenvalue weighted by Crippen LogP contribution is -2.51. The highest BCUT2D eigenvalue weighted by molar-refractivity contribution is 6.74. The van der Waals surface area contributed by atoms with Gasteiger partial charge in [0.2, 0.25) is 0 Å². The molecule has 2 aromatic rings. The zero-order valence-corrected chi connectivity index (χ0v) is 27.4. The molecule has 1 heterocycles. The summed E-state index contributed by atoms with van der Waals surface area (Å²) in [4.78, 5) is 0. The molecular formula is C33H50O8Si. The van der Waals surface area contributed by atoms with E-state index >= 15 is 0 Å². The molecule has 0 spiro atoms. The molecule has 0 bridgehead atoms. The van der Waals surface area contributed by atoms with Gasteiger partial charge in [-0.05, 0) is 41.4 Å². The third-order valence-electron chi connectivity index (χ3n) is 8.03. The molecule has 0 unspecified atom stereocenters. The molecular weight excluding hydrogens is 552 g/mol. The molecule has 0 saturated carbocycles. The number of methoxy groups -OCH3 is 2. The Bertz CT molecular complexity index is 1060. The maximum absolute atomic E-state index is 6.75. The summed E-state index contributed by atoms with van der Waals surface area (Å²) in [6.07, 6.45) is 0.450. The van der Waals surface area contributed by atoms with Gasteiger partial charge in [-0.2, -0.15) is 0 Å². The second-order valence-corrected chi connectivity index (χ2v) is 16.9. The lowest BCUT2D eigenvalue weighted by molar-refractivity contribution is -0.216. The molecule has 0 amide bonds. The second-order valence-electron chi connectivity index (χ2n) is 12.1. The Hall–Kier alpha value is -2.08. The zero-order chi connectivity index (χ0) is 30.6. The minimum atomic E-state index is -2.01. The van der Waals surface area contributed by atoms with E-state index in [2.05, 4.69) is 40.4 Å². The van der Waals surface area contributed by atoms with Crippen LogP contribution in [0.15, 0.2) is 67.3 Å². The smallest absolute Gasteiger partial charge is 0.191 e. The van der Waals surface area contributed by atoms with Gasteiger partial charge in [0, 0.05) is 20.1 Å². The molecule has 3 rings (SSSR count). The average molecular weight is 603 g/mol. The van der Waals surface area contributed by atoms with Gasteiger partial charge in [-0.25, -0.2) is 0 Å². The van der Waals surface area contributed by atoms with Crippen LogP contribution >= 0.6 is 0 Å². The molecule has 9 heteroatoms. The topological polar surface area (TPSA) is 73.8 Å². The second kappa shape index (κ2) is 16.1. The number of hydrogen-bond acceptors (Lipinski definition) is 8. The molecule has 234 valence electrons. The summed E-state index contributed by atoms with van der Waals surface area (Å²) in [5.74, 6) is 0.787. The standard InChI is InChI=1S/C33H50O8Si/c1-9-20-37-31-29(38-22-27-15-17-28(35-6)18-16-27)30(39-23-26-13-11-10-12-14-26)33(41-31,24-36-25-34-5)19-21-40-42(7,8)32(2,3)4/h9-18,29-31H,1,19-25H2,2-8H3/t29-,30-,31-,33-/m1/s1. The van der Waals surface area contributed by atoms with Gasteiger partial charge < -0.3 is 37.6 Å². The van der Waals surface area contributed by atoms with E-state index in [0.29, 0.717) is 32.8 Å². The number of rotatable bonds is 18. The van der Waals surface area contributed by atoms with Gasteiger partial charge in [0.25, 0.3) is 0 Å². The number of ether oxygens (including phenoxy) is 7. The van der Waals surface area contributed by atoms with Crippen LogP contribution in [0, 0.1) is 0 Å². The molecule has 42 heavy (non-hydrogen) atoms. The molecule has 0 radical (unpaired) electrons. The Labute approximate surface area is 253 Å². The van der Waals surface area contributed by atoms with Crippen molar-refractivity contribution in [1.82, 2.24) is 0 Å². The fraction of sp³-hybridized carbons (Fsp3) is 0.576. The number of hydrogen-bond donors (Lipinski definition) is 0. The van der Waals surface area contributed by atoms with Gasteiger partial charge in [-0.1, -0.05) is 69.3 Å². The normalized spacial score (nSPS) is 22.8. The van der Waals surface area contributed by atoms with E-state index in [-0.39, 0.29) is 18.4 Å². The quantitative estimate of drug-likeness (QED) is 0.0829. The van der Waals surface area contributed by atoms with Crippen LogP contribution in [0.3, 0.4) is 0 Å². The molecule has 1 fully saturated rings. The van der Waals surface area contributed by atoms with Crippen LogP contribution in [-0.4, -0.2) is 73.2 Å². The molecule has 2 aromatic carbocycles. The van der Waals surface area contributed by atoms with Gasteiger partial charge in [0.1, 0.15) is 30.4 Å². The third-order valence-corrected chi connectivity index (χ3v) is 12.6. The highest BCUT2D eigenvalue weighted by Gasteiger charge is 2.57. The first-order valence-corrected chi connectivity index (χ1v) is 17.5. The maximum Gasteiger partial charge on any atom is 0.191 e. The van der Waals surface area contributed by atoms with E-state index in [9.17, 15) is 0 Å². The lowest BCUT2D eigenvalue weighted by atomic mass is 9.92. The Morgan fingerprint density at radius 3 is 2.21 bits per heavy atom. The summed E-state index contributed by atoms with van der Waals surface area (Å²) in [6, 6.07) is 17.9. The monoisotopic (exact) mass is 602 g/mol. The Kier molecular flexibility index (Phi) is 13.2. The predicted octanol–water partition coefficient (Wildman–Crippen LogP) is 6.50. The molecule has 1 aliphatic heterocycles. The Morgan fingerprint density at radius 1 is 0.929 bits per heavy atom. The fourth-order valence-electron chi connectivity index (χ4n) is 4.57. The van der Waals surface area contributed by atoms with Gasteiger partial charge in [0.15, 0.2) is 14.6 Å². The maximum atomic E-state index is 6.75. The third kappa shape index (κ3) is 9.46. The minimum absolute atomic E-state index is 0.0755. The number of benzene rings is 2. The van der Waals surface area contributed by atoms with Crippen molar-refractivity contribution in [3.63, 3.8) is 0 Å². The van der Waals surface area contributed by atoms with Crippen molar-refractivity contribution in [3.05, 3.63) is 78.4 Å². The summed E-state index contributed by atoms with van der Waals surface area (Å²) in [5, 5.41) is 0.0755. The first-order valence-electron chi connectivity index (χ1n) is 14.6. The highest BCUT2D eigenvalue weighted by Crippen LogP contribution is 2.41. The summed E-state index contributed by atoms with van der Waals surface area (Å²) in [7, 11) is 1.24. The van der Waals surface area contributed by atoms with E-state index in [1.807, 2.05) is 54.6 Å². The fourth-order valence-corrected chi connectivity index (χ4v) is 5.61. The predicted molar refractivity (Wildman–Crippen MR) is 166 cm³/mol. The van der Waals surface area contributed by atoms with Gasteiger partial charge in [-0.3, -0.25) is 0 Å². The van der Waals surface area contributed by atoms with E-state index < -0.39 is 32.4 Å². The van der Waals surface area contributed by atoms with E-state index in [1.165, 1.54) is 0 Å². The summed E-state index contributed by atoms with van der Waals surface area (Å²) < 4.78 is 49.3. The van der Waals surface area contributed by atoms with Crippen molar-refractivity contribution >= 4 is 8.32 Å². The van der Waals surface area contributed by atoms with Crippen LogP contribution in [0.5, 0.6) is 5.75 Å². The van der Waals surface area contributed by atoms with Crippen LogP contribution in [0.1, 0.15) is 38.3 Å². The van der Waals surface area contributed by atoms with E-state index in [4.69, 9.17) is 37.6 Å². The summed E-state index contributed by atoms with van der Waals surface area (Å²) in [6.45, 7) is 16.9. The first-order chi connectivity index (χ1) is 20.0. The molecule has 0 aromatic heterocycles. The molecule has 1 saturated heterocycles. The molecule has 1 aliphatic rings. The first kappa shape index (κ1) is 34.4. The SMILES string of the molecule is C=CCO[C@@H]1O[C@](CCO[Si](C)(C)C(C)(C)C)(COCOC)[C@H](OCc2ccccc2)[C@H]1OCc1ccc(OC)cc1. The zero-order valence-electron chi connectivity index (χ0n) is 26.4. The summed E-state index contributed by atoms with van der Waals surface area (Å²) in [5.41, 5.74) is 1.13. The van der Waals surface area contributed by atoms with Crippen molar-refractivity contribution in [3.8, 4) is 5.75 Å². The molecule has 0 N–H and O–H groups in total.